The van der Waals surface area contributed by atoms with Crippen molar-refractivity contribution in [1.82, 2.24) is 19.6 Å². The smallest absolute Gasteiger partial charge is 0.313 e. The molecule has 0 aliphatic rings. The Kier molecular flexibility index (Phi) is 4.71. The Morgan fingerprint density at radius 1 is 1.21 bits per heavy atom. The fraction of sp³-hybridized carbons (Fsp3) is 0.158. The first kappa shape index (κ1) is 17.7. The van der Waals surface area contributed by atoms with E-state index in [0.29, 0.717) is 17.9 Å². The summed E-state index contributed by atoms with van der Waals surface area (Å²) in [5, 5.41) is 24.2. The molecule has 9 heteroatoms. The number of hydrogen-bond acceptors (Lipinski definition) is 7. The van der Waals surface area contributed by atoms with Gasteiger partial charge in [-0.25, -0.2) is 4.98 Å². The van der Waals surface area contributed by atoms with Crippen molar-refractivity contribution in [3.8, 4) is 17.3 Å². The quantitative estimate of drug-likeness (QED) is 0.258. The van der Waals surface area contributed by atoms with E-state index in [-0.39, 0.29) is 23.0 Å². The number of fused-ring (bicyclic) bond motifs is 1. The summed E-state index contributed by atoms with van der Waals surface area (Å²) in [6.07, 6.45) is 3.28. The Balaban J connectivity index is 1.53. The molecule has 3 heterocycles. The average molecular weight is 380 g/mol. The number of anilines is 1. The molecule has 3 aromatic heterocycles. The highest BCUT2D eigenvalue weighted by Gasteiger charge is 2.18. The molecule has 0 spiro atoms. The van der Waals surface area contributed by atoms with Gasteiger partial charge in [0.05, 0.1) is 11.8 Å². The zero-order valence-corrected chi connectivity index (χ0v) is 14.8. The van der Waals surface area contributed by atoms with Crippen molar-refractivity contribution >= 4 is 17.7 Å². The van der Waals surface area contributed by atoms with Gasteiger partial charge in [-0.2, -0.15) is 13.9 Å². The number of phenols is 1. The molecule has 0 atom stereocenters. The molecule has 4 aromatic rings. The third kappa shape index (κ3) is 3.41. The van der Waals surface area contributed by atoms with Gasteiger partial charge in [0, 0.05) is 12.8 Å². The summed E-state index contributed by atoms with van der Waals surface area (Å²) < 4.78 is 20.6. The number of aryl methyl sites for hydroxylation is 1. The summed E-state index contributed by atoms with van der Waals surface area (Å²) >= 11 is 0. The Labute approximate surface area is 159 Å². The number of furan rings is 1. The third-order valence-corrected chi connectivity index (χ3v) is 4.24. The predicted octanol–water partition coefficient (Wildman–Crippen LogP) is 3.27. The highest BCUT2D eigenvalue weighted by Crippen LogP contribution is 2.22. The van der Waals surface area contributed by atoms with E-state index in [1.807, 2.05) is 12.1 Å². The molecule has 0 saturated heterocycles. The second kappa shape index (κ2) is 7.47. The van der Waals surface area contributed by atoms with Crippen LogP contribution in [0, 0.1) is 11.5 Å². The lowest BCUT2D eigenvalue weighted by Gasteiger charge is -2.09. The topological polar surface area (TPSA) is 112 Å². The van der Waals surface area contributed by atoms with Gasteiger partial charge in [-0.1, -0.05) is 12.1 Å². The largest absolute Gasteiger partial charge is 0.508 e. The van der Waals surface area contributed by atoms with Crippen LogP contribution < -0.4 is 5.32 Å². The van der Waals surface area contributed by atoms with Crippen molar-refractivity contribution in [2.45, 2.75) is 12.8 Å². The van der Waals surface area contributed by atoms with E-state index in [0.717, 1.165) is 29.1 Å². The minimum absolute atomic E-state index is 0.190. The van der Waals surface area contributed by atoms with Crippen LogP contribution >= 0.6 is 0 Å². The van der Waals surface area contributed by atoms with Crippen molar-refractivity contribution in [3.05, 3.63) is 59.9 Å². The van der Waals surface area contributed by atoms with Gasteiger partial charge in [0.25, 0.3) is 0 Å². The van der Waals surface area contributed by atoms with Crippen LogP contribution in [0.4, 0.5) is 10.2 Å². The summed E-state index contributed by atoms with van der Waals surface area (Å²) in [6.45, 7) is 0.531. The fourth-order valence-electron chi connectivity index (χ4n) is 2.86. The summed E-state index contributed by atoms with van der Waals surface area (Å²) in [5.41, 5.74) is 1.62. The first-order chi connectivity index (χ1) is 13.7. The van der Waals surface area contributed by atoms with Crippen molar-refractivity contribution in [3.63, 3.8) is 0 Å². The van der Waals surface area contributed by atoms with Crippen LogP contribution in [0.2, 0.25) is 0 Å². The lowest BCUT2D eigenvalue weighted by Crippen LogP contribution is -2.12. The molecule has 0 fully saturated rings. The third-order valence-electron chi connectivity index (χ3n) is 4.24. The molecule has 28 heavy (non-hydrogen) atoms. The van der Waals surface area contributed by atoms with Gasteiger partial charge in [-0.15, -0.1) is 5.10 Å². The predicted molar refractivity (Wildman–Crippen MR) is 101 cm³/mol. The minimum Gasteiger partial charge on any atom is -0.508 e. The van der Waals surface area contributed by atoms with Gasteiger partial charge in [-0.3, -0.25) is 0 Å². The van der Waals surface area contributed by atoms with Crippen molar-refractivity contribution < 1.29 is 13.9 Å². The molecular formula is C19H17FN6O2. The molecule has 0 saturated carbocycles. The molecule has 142 valence electrons. The molecule has 0 bridgehead atoms. The first-order valence-corrected chi connectivity index (χ1v) is 8.68. The van der Waals surface area contributed by atoms with E-state index >= 15 is 0 Å². The van der Waals surface area contributed by atoms with Crippen molar-refractivity contribution in [2.75, 3.05) is 11.9 Å². The van der Waals surface area contributed by atoms with Gasteiger partial charge in [0.2, 0.25) is 5.82 Å². The Morgan fingerprint density at radius 3 is 2.75 bits per heavy atom. The maximum absolute atomic E-state index is 14.4. The summed E-state index contributed by atoms with van der Waals surface area (Å²) in [6, 6.07) is 10.4. The number of rotatable bonds is 7. The Hall–Kier alpha value is -3.75. The van der Waals surface area contributed by atoms with E-state index in [1.54, 1.807) is 24.3 Å². The number of hydrogen-bond donors (Lipinski definition) is 3. The monoisotopic (exact) mass is 380 g/mol. The van der Waals surface area contributed by atoms with Crippen LogP contribution in [0.1, 0.15) is 17.5 Å². The number of nitrogens with zero attached hydrogens (tertiary/aromatic N) is 4. The lowest BCUT2D eigenvalue weighted by atomic mass is 10.1. The summed E-state index contributed by atoms with van der Waals surface area (Å²) in [5.74, 6) is 1.09. The van der Waals surface area contributed by atoms with Crippen molar-refractivity contribution in [2.24, 2.45) is 0 Å². The number of phenolic OH excluding ortho intramolecular Hbond substituents is 1. The molecule has 0 radical (unpaired) electrons. The zero-order valence-electron chi connectivity index (χ0n) is 14.8. The molecule has 1 aromatic carbocycles. The molecule has 0 amide bonds. The number of halogens is 1. The van der Waals surface area contributed by atoms with Crippen LogP contribution in [0.15, 0.2) is 47.1 Å². The minimum atomic E-state index is -0.827. The van der Waals surface area contributed by atoms with Gasteiger partial charge in [0.1, 0.15) is 11.6 Å². The standard InChI is InChI=1S/C19H17FN6O2/c20-19-24-16(22-9-1-3-12-5-7-13(27)8-6-12)14(11-21)18-23-17(25-26(18)19)15-4-2-10-28-15/h2,4-8,10-11,21-22,27H,1,3,9H2. The highest BCUT2D eigenvalue weighted by atomic mass is 19.1. The van der Waals surface area contributed by atoms with Crippen LogP contribution in [0.25, 0.3) is 17.2 Å². The summed E-state index contributed by atoms with van der Waals surface area (Å²) in [7, 11) is 0. The van der Waals surface area contributed by atoms with Crippen molar-refractivity contribution in [1.29, 1.82) is 5.41 Å². The number of aromatic hydroxyl groups is 1. The van der Waals surface area contributed by atoms with E-state index in [4.69, 9.17) is 9.83 Å². The summed E-state index contributed by atoms with van der Waals surface area (Å²) in [4.78, 5) is 8.19. The van der Waals surface area contributed by atoms with E-state index in [2.05, 4.69) is 20.4 Å². The molecule has 3 N–H and O–H groups in total. The van der Waals surface area contributed by atoms with Gasteiger partial charge < -0.3 is 20.2 Å². The highest BCUT2D eigenvalue weighted by molar-refractivity contribution is 5.92. The van der Waals surface area contributed by atoms with Crippen LogP contribution in [-0.2, 0) is 6.42 Å². The van der Waals surface area contributed by atoms with Crippen LogP contribution in [0.3, 0.4) is 0 Å². The van der Waals surface area contributed by atoms with Gasteiger partial charge >= 0.3 is 6.08 Å². The van der Waals surface area contributed by atoms with E-state index in [9.17, 15) is 9.50 Å². The molecule has 8 nitrogen and oxygen atoms in total. The van der Waals surface area contributed by atoms with Gasteiger partial charge in [-0.05, 0) is 42.7 Å². The molecule has 0 unspecified atom stereocenters. The maximum atomic E-state index is 14.4. The molecule has 4 rings (SSSR count). The Morgan fingerprint density at radius 2 is 2.04 bits per heavy atom. The first-order valence-electron chi connectivity index (χ1n) is 8.68. The van der Waals surface area contributed by atoms with E-state index < -0.39 is 6.08 Å². The SMILES string of the molecule is N=Cc1c(NCCCc2ccc(O)cc2)nc(F)n2nc(-c3ccco3)nc12. The Bertz CT molecular complexity index is 1110. The molecular weight excluding hydrogens is 363 g/mol. The molecule has 0 aliphatic heterocycles. The zero-order chi connectivity index (χ0) is 19.5. The maximum Gasteiger partial charge on any atom is 0.313 e. The second-order valence-corrected chi connectivity index (χ2v) is 6.13. The number of benzene rings is 1. The fourth-order valence-corrected chi connectivity index (χ4v) is 2.86. The number of aromatic nitrogens is 4. The van der Waals surface area contributed by atoms with Gasteiger partial charge in [0.15, 0.2) is 11.4 Å². The number of nitrogens with one attached hydrogen (secondary N) is 2. The second-order valence-electron chi connectivity index (χ2n) is 6.13. The van der Waals surface area contributed by atoms with E-state index in [1.165, 1.54) is 6.26 Å². The average Bonchev–Trinajstić information content (AvgIpc) is 3.37. The molecule has 0 aliphatic carbocycles. The van der Waals surface area contributed by atoms with Crippen LogP contribution in [0.5, 0.6) is 5.75 Å². The normalized spacial score (nSPS) is 11.0. The lowest BCUT2D eigenvalue weighted by molar-refractivity contribution is 0.475. The van der Waals surface area contributed by atoms with Crippen LogP contribution in [-0.4, -0.2) is 37.4 Å².